The number of nitrogens with zero attached hydrogens (tertiary/aromatic N) is 1. The largest absolute Gasteiger partial charge is 0.466 e. The van der Waals surface area contributed by atoms with Crippen LogP contribution < -0.4 is 0 Å². The maximum atomic E-state index is 12.4. The molecule has 28 heavy (non-hydrogen) atoms. The molecule has 154 valence electrons. The van der Waals surface area contributed by atoms with E-state index in [1.807, 2.05) is 6.07 Å². The number of hydrogen-bond donors (Lipinski definition) is 0. The van der Waals surface area contributed by atoms with Crippen LogP contribution in [0, 0.1) is 23.2 Å². The average Bonchev–Trinajstić information content (AvgIpc) is 2.70. The maximum absolute atomic E-state index is 12.4. The van der Waals surface area contributed by atoms with E-state index in [0.29, 0.717) is 42.5 Å². The first-order valence-corrected chi connectivity index (χ1v) is 10.5. The Bertz CT molecular complexity index is 671. The van der Waals surface area contributed by atoms with E-state index < -0.39 is 5.92 Å². The third-order valence-corrected chi connectivity index (χ3v) is 5.48. The van der Waals surface area contributed by atoms with Gasteiger partial charge in [-0.3, -0.25) is 4.79 Å². The fourth-order valence-corrected chi connectivity index (χ4v) is 3.56. The molecule has 5 nitrogen and oxygen atoms in total. The number of esters is 1. The average molecular weight is 428 g/mol. The Balaban J connectivity index is 1.93. The molecule has 0 amide bonds. The van der Waals surface area contributed by atoms with Gasteiger partial charge in [0, 0.05) is 12.5 Å². The molecule has 0 aromatic heterocycles. The molecule has 1 aliphatic heterocycles. The zero-order chi connectivity index (χ0) is 20.4. The summed E-state index contributed by atoms with van der Waals surface area (Å²) in [7, 11) is 0. The van der Waals surface area contributed by atoms with E-state index in [9.17, 15) is 10.1 Å². The molecule has 3 atom stereocenters. The van der Waals surface area contributed by atoms with Gasteiger partial charge in [0.2, 0.25) is 0 Å². The second-order valence-corrected chi connectivity index (χ2v) is 7.73. The first-order valence-electron chi connectivity index (χ1n) is 9.76. The van der Waals surface area contributed by atoms with Crippen molar-refractivity contribution in [1.29, 1.82) is 5.26 Å². The Hall–Kier alpha value is -1.32. The number of hydrogen-bond acceptors (Lipinski definition) is 5. The second-order valence-electron chi connectivity index (χ2n) is 6.92. The summed E-state index contributed by atoms with van der Waals surface area (Å²) < 4.78 is 16.5. The van der Waals surface area contributed by atoms with Gasteiger partial charge < -0.3 is 14.2 Å². The highest BCUT2D eigenvalue weighted by Crippen LogP contribution is 2.27. The zero-order valence-corrected chi connectivity index (χ0v) is 17.7. The summed E-state index contributed by atoms with van der Waals surface area (Å²) in [5.41, 5.74) is 0.885. The van der Waals surface area contributed by atoms with Crippen LogP contribution in [0.4, 0.5) is 0 Å². The van der Waals surface area contributed by atoms with Crippen LogP contribution in [0.3, 0.4) is 0 Å². The highest BCUT2D eigenvalue weighted by atomic mass is 35.5. The van der Waals surface area contributed by atoms with Crippen molar-refractivity contribution in [2.24, 2.45) is 11.8 Å². The Morgan fingerprint density at radius 2 is 2.18 bits per heavy atom. The van der Waals surface area contributed by atoms with Gasteiger partial charge in [-0.15, -0.1) is 0 Å². The highest BCUT2D eigenvalue weighted by molar-refractivity contribution is 6.42. The van der Waals surface area contributed by atoms with Crippen molar-refractivity contribution in [3.8, 4) is 6.07 Å². The predicted octanol–water partition coefficient (Wildman–Crippen LogP) is 5.18. The molecule has 1 aliphatic rings. The third kappa shape index (κ3) is 7.60. The van der Waals surface area contributed by atoms with Gasteiger partial charge in [0.1, 0.15) is 0 Å². The summed E-state index contributed by atoms with van der Waals surface area (Å²) in [5, 5.41) is 10.5. The van der Waals surface area contributed by atoms with Crippen molar-refractivity contribution >= 4 is 29.2 Å². The van der Waals surface area contributed by atoms with Crippen LogP contribution in [-0.2, 0) is 25.4 Å². The number of benzene rings is 1. The van der Waals surface area contributed by atoms with Gasteiger partial charge >= 0.3 is 5.97 Å². The third-order valence-electron chi connectivity index (χ3n) is 4.75. The SMILES string of the molecule is CCOC(=O)C(Cc1ccc(Cl)c(Cl)c1)CC(C#N)CCOC1CCCCO1. The number of rotatable bonds is 10. The first kappa shape index (κ1) is 23.0. The van der Waals surface area contributed by atoms with E-state index in [4.69, 9.17) is 37.4 Å². The Morgan fingerprint density at radius 1 is 1.36 bits per heavy atom. The van der Waals surface area contributed by atoms with Crippen molar-refractivity contribution in [2.75, 3.05) is 19.8 Å². The summed E-state index contributed by atoms with van der Waals surface area (Å²) >= 11 is 12.1. The molecule has 7 heteroatoms. The monoisotopic (exact) mass is 427 g/mol. The minimum atomic E-state index is -0.423. The topological polar surface area (TPSA) is 68.6 Å². The van der Waals surface area contributed by atoms with Gasteiger partial charge in [-0.1, -0.05) is 29.3 Å². The van der Waals surface area contributed by atoms with Gasteiger partial charge in [0.05, 0.1) is 35.2 Å². The maximum Gasteiger partial charge on any atom is 0.309 e. The fourth-order valence-electron chi connectivity index (χ4n) is 3.24. The minimum absolute atomic E-state index is 0.176. The Kier molecular flexibility index (Phi) is 10.1. The Morgan fingerprint density at radius 3 is 2.82 bits per heavy atom. The molecule has 1 fully saturated rings. The number of nitriles is 1. The first-order chi connectivity index (χ1) is 13.5. The molecule has 1 aromatic rings. The number of halogens is 2. The van der Waals surface area contributed by atoms with Crippen LogP contribution >= 0.6 is 23.2 Å². The predicted molar refractivity (Wildman–Crippen MR) is 108 cm³/mol. The van der Waals surface area contributed by atoms with Crippen LogP contribution in [0.2, 0.25) is 10.0 Å². The zero-order valence-electron chi connectivity index (χ0n) is 16.2. The van der Waals surface area contributed by atoms with Crippen LogP contribution in [0.5, 0.6) is 0 Å². The van der Waals surface area contributed by atoms with E-state index >= 15 is 0 Å². The quantitative estimate of drug-likeness (QED) is 0.481. The minimum Gasteiger partial charge on any atom is -0.466 e. The van der Waals surface area contributed by atoms with Crippen molar-refractivity contribution in [3.63, 3.8) is 0 Å². The number of carbonyl (C=O) groups is 1. The van der Waals surface area contributed by atoms with Gasteiger partial charge in [0.25, 0.3) is 0 Å². The number of ether oxygens (including phenoxy) is 3. The highest BCUT2D eigenvalue weighted by Gasteiger charge is 2.25. The normalized spacial score (nSPS) is 18.9. The van der Waals surface area contributed by atoms with Gasteiger partial charge in [-0.25, -0.2) is 0 Å². The lowest BCUT2D eigenvalue weighted by Gasteiger charge is -2.23. The molecule has 0 radical (unpaired) electrons. The molecular formula is C21H27Cl2NO4. The molecule has 2 rings (SSSR count). The van der Waals surface area contributed by atoms with Crippen molar-refractivity contribution in [1.82, 2.24) is 0 Å². The molecule has 0 aliphatic carbocycles. The summed E-state index contributed by atoms with van der Waals surface area (Å²) in [4.78, 5) is 12.4. The molecule has 1 heterocycles. The van der Waals surface area contributed by atoms with E-state index in [-0.39, 0.29) is 18.2 Å². The molecule has 0 N–H and O–H groups in total. The van der Waals surface area contributed by atoms with Crippen LogP contribution in [0.25, 0.3) is 0 Å². The van der Waals surface area contributed by atoms with Crippen molar-refractivity contribution < 1.29 is 19.0 Å². The lowest BCUT2D eigenvalue weighted by molar-refractivity contribution is -0.164. The summed E-state index contributed by atoms with van der Waals surface area (Å²) in [5.74, 6) is -1.03. The summed E-state index contributed by atoms with van der Waals surface area (Å²) in [6, 6.07) is 7.60. The summed E-state index contributed by atoms with van der Waals surface area (Å²) in [6.45, 7) is 3.23. The van der Waals surface area contributed by atoms with E-state index in [2.05, 4.69) is 6.07 Å². The standard InChI is InChI=1S/C21H27Cl2NO4/c1-2-26-21(25)17(11-15-6-7-18(22)19(23)13-15)12-16(14-24)8-10-28-20-5-3-4-9-27-20/h6-7,13,16-17,20H,2-5,8-12H2,1H3. The molecule has 0 saturated carbocycles. The molecule has 1 saturated heterocycles. The molecule has 0 bridgehead atoms. The van der Waals surface area contributed by atoms with Crippen LogP contribution in [-0.4, -0.2) is 32.1 Å². The van der Waals surface area contributed by atoms with Gasteiger partial charge in [-0.05, 0) is 63.1 Å². The molecule has 0 spiro atoms. The van der Waals surface area contributed by atoms with Crippen molar-refractivity contribution in [2.45, 2.75) is 51.7 Å². The van der Waals surface area contributed by atoms with E-state index in [0.717, 1.165) is 31.4 Å². The summed E-state index contributed by atoms with van der Waals surface area (Å²) in [6.07, 6.45) is 4.28. The Labute approximate surface area is 176 Å². The fraction of sp³-hybridized carbons (Fsp3) is 0.619. The van der Waals surface area contributed by atoms with Crippen LogP contribution in [0.1, 0.15) is 44.6 Å². The van der Waals surface area contributed by atoms with Crippen molar-refractivity contribution in [3.05, 3.63) is 33.8 Å². The molecule has 1 aromatic carbocycles. The number of carbonyl (C=O) groups excluding carboxylic acids is 1. The smallest absolute Gasteiger partial charge is 0.309 e. The lowest BCUT2D eigenvalue weighted by Crippen LogP contribution is -2.25. The second kappa shape index (κ2) is 12.3. The van der Waals surface area contributed by atoms with Gasteiger partial charge in [0.15, 0.2) is 6.29 Å². The van der Waals surface area contributed by atoms with E-state index in [1.165, 1.54) is 0 Å². The lowest BCUT2D eigenvalue weighted by atomic mass is 9.88. The van der Waals surface area contributed by atoms with E-state index in [1.54, 1.807) is 19.1 Å². The molecular weight excluding hydrogens is 401 g/mol. The van der Waals surface area contributed by atoms with Crippen LogP contribution in [0.15, 0.2) is 18.2 Å². The molecule has 3 unspecified atom stereocenters. The van der Waals surface area contributed by atoms with Gasteiger partial charge in [-0.2, -0.15) is 5.26 Å².